The highest BCUT2D eigenvalue weighted by molar-refractivity contribution is 6.03. The Balaban J connectivity index is 2.24. The lowest BCUT2D eigenvalue weighted by Gasteiger charge is -2.03. The van der Waals surface area contributed by atoms with Gasteiger partial charge in [0.15, 0.2) is 0 Å². The molecule has 1 aromatic heterocycles. The van der Waals surface area contributed by atoms with Crippen molar-refractivity contribution >= 4 is 22.4 Å². The van der Waals surface area contributed by atoms with Gasteiger partial charge in [0.25, 0.3) is 0 Å². The van der Waals surface area contributed by atoms with Gasteiger partial charge in [0, 0.05) is 5.56 Å². The predicted octanol–water partition coefficient (Wildman–Crippen LogP) is 3.96. The molecule has 2 heterocycles. The molecule has 0 amide bonds. The Kier molecular flexibility index (Phi) is 1.53. The fourth-order valence-corrected chi connectivity index (χ4v) is 2.24. The van der Waals surface area contributed by atoms with E-state index in [0.29, 0.717) is 5.82 Å². The number of hydrogen-bond acceptors (Lipinski definition) is 3. The number of H-pyrrole nitrogens is 1. The molecule has 4 heteroatoms. The van der Waals surface area contributed by atoms with Crippen LogP contribution in [0.4, 0.5) is 11.5 Å². The van der Waals surface area contributed by atoms with Gasteiger partial charge in [-0.15, -0.1) is 10.2 Å². The summed E-state index contributed by atoms with van der Waals surface area (Å²) in [5.74, 6) is 0.659. The average molecular weight is 220 g/mol. The largest absolute Gasteiger partial charge is 0.276 e. The molecule has 0 saturated carbocycles. The summed E-state index contributed by atoms with van der Waals surface area (Å²) in [7, 11) is 0. The fourth-order valence-electron chi connectivity index (χ4n) is 2.24. The highest BCUT2D eigenvalue weighted by Gasteiger charge is 2.16. The summed E-state index contributed by atoms with van der Waals surface area (Å²) in [5, 5.41) is 16.6. The molecule has 0 saturated heterocycles. The first-order chi connectivity index (χ1) is 8.43. The summed E-state index contributed by atoms with van der Waals surface area (Å²) < 4.78 is 0. The maximum absolute atomic E-state index is 4.24. The van der Waals surface area contributed by atoms with E-state index in [1.807, 2.05) is 30.3 Å². The zero-order valence-electron chi connectivity index (χ0n) is 8.88. The van der Waals surface area contributed by atoms with Crippen LogP contribution in [-0.4, -0.2) is 10.2 Å². The average Bonchev–Trinajstić information content (AvgIpc) is 2.72. The lowest BCUT2D eigenvalue weighted by Crippen LogP contribution is -1.78. The Morgan fingerprint density at radius 1 is 0.824 bits per heavy atom. The third-order valence-electron chi connectivity index (χ3n) is 3.02. The van der Waals surface area contributed by atoms with Crippen LogP contribution < -0.4 is 0 Å². The van der Waals surface area contributed by atoms with E-state index < -0.39 is 0 Å². The molecule has 0 fully saturated rings. The van der Waals surface area contributed by atoms with Crippen LogP contribution in [0.5, 0.6) is 0 Å². The van der Waals surface area contributed by atoms with Crippen molar-refractivity contribution < 1.29 is 0 Å². The molecule has 0 atom stereocenters. The predicted molar refractivity (Wildman–Crippen MR) is 65.7 cm³/mol. The number of nitrogens with zero attached hydrogens (tertiary/aromatic N) is 3. The molecule has 1 aliphatic rings. The van der Waals surface area contributed by atoms with Crippen molar-refractivity contribution in [2.24, 2.45) is 10.2 Å². The van der Waals surface area contributed by atoms with Gasteiger partial charge in [0.05, 0.1) is 16.6 Å². The number of fused-ring (bicyclic) bond motifs is 2. The summed E-state index contributed by atoms with van der Waals surface area (Å²) in [6.07, 6.45) is 0. The lowest BCUT2D eigenvalue weighted by molar-refractivity contribution is 1.07. The third kappa shape index (κ3) is 1.09. The van der Waals surface area contributed by atoms with Crippen molar-refractivity contribution in [3.8, 4) is 11.1 Å². The molecule has 2 aromatic carbocycles. The first kappa shape index (κ1) is 8.64. The van der Waals surface area contributed by atoms with Gasteiger partial charge in [0.1, 0.15) is 0 Å². The molecule has 0 bridgehead atoms. The summed E-state index contributed by atoms with van der Waals surface area (Å²) in [6, 6.07) is 14.1. The van der Waals surface area contributed by atoms with Gasteiger partial charge in [-0.2, -0.15) is 5.10 Å². The lowest BCUT2D eigenvalue weighted by atomic mass is 10.0. The molecule has 0 radical (unpaired) electrons. The van der Waals surface area contributed by atoms with E-state index in [0.717, 1.165) is 27.7 Å². The van der Waals surface area contributed by atoms with Crippen LogP contribution in [0.1, 0.15) is 0 Å². The number of aromatic nitrogens is 2. The number of azo groups is 1. The van der Waals surface area contributed by atoms with Crippen LogP contribution >= 0.6 is 0 Å². The zero-order chi connectivity index (χ0) is 11.2. The van der Waals surface area contributed by atoms with Crippen molar-refractivity contribution in [3.05, 3.63) is 42.5 Å². The van der Waals surface area contributed by atoms with Gasteiger partial charge in [0.2, 0.25) is 5.82 Å². The molecular weight excluding hydrogens is 212 g/mol. The Morgan fingerprint density at radius 3 is 2.71 bits per heavy atom. The summed E-state index contributed by atoms with van der Waals surface area (Å²) in [5.41, 5.74) is 4.11. The second kappa shape index (κ2) is 3.01. The molecule has 1 aliphatic heterocycles. The zero-order valence-corrected chi connectivity index (χ0v) is 8.88. The van der Waals surface area contributed by atoms with Crippen LogP contribution in [0.2, 0.25) is 0 Å². The minimum absolute atomic E-state index is 0.659. The van der Waals surface area contributed by atoms with Gasteiger partial charge >= 0.3 is 0 Å². The Morgan fingerprint density at radius 2 is 1.71 bits per heavy atom. The van der Waals surface area contributed by atoms with Crippen molar-refractivity contribution in [1.29, 1.82) is 0 Å². The first-order valence-corrected chi connectivity index (χ1v) is 5.42. The highest BCUT2D eigenvalue weighted by atomic mass is 15.2. The molecule has 0 unspecified atom stereocenters. The van der Waals surface area contributed by atoms with E-state index in [-0.39, 0.29) is 0 Å². The highest BCUT2D eigenvalue weighted by Crippen LogP contribution is 2.41. The molecule has 80 valence electrons. The van der Waals surface area contributed by atoms with E-state index in [4.69, 9.17) is 0 Å². The SMILES string of the molecule is c1ccc2c(c1)N=Nc1n[nH]c3cccc-2c13. The third-order valence-corrected chi connectivity index (χ3v) is 3.02. The monoisotopic (exact) mass is 220 g/mol. The number of nitrogens with one attached hydrogen (secondary N) is 1. The minimum atomic E-state index is 0.659. The van der Waals surface area contributed by atoms with Crippen LogP contribution in [0, 0.1) is 0 Å². The van der Waals surface area contributed by atoms with E-state index in [9.17, 15) is 0 Å². The minimum Gasteiger partial charge on any atom is -0.276 e. The smallest absolute Gasteiger partial charge is 0.203 e. The topological polar surface area (TPSA) is 53.4 Å². The number of benzene rings is 2. The van der Waals surface area contributed by atoms with Gasteiger partial charge < -0.3 is 0 Å². The van der Waals surface area contributed by atoms with Crippen LogP contribution in [-0.2, 0) is 0 Å². The van der Waals surface area contributed by atoms with Gasteiger partial charge in [-0.05, 0) is 17.7 Å². The van der Waals surface area contributed by atoms with Gasteiger partial charge in [-0.25, -0.2) is 0 Å². The van der Waals surface area contributed by atoms with Crippen LogP contribution in [0.15, 0.2) is 52.7 Å². The maximum atomic E-state index is 4.24. The van der Waals surface area contributed by atoms with Gasteiger partial charge in [-0.3, -0.25) is 5.10 Å². The van der Waals surface area contributed by atoms with E-state index in [2.05, 4.69) is 32.6 Å². The number of aromatic amines is 1. The second-order valence-electron chi connectivity index (χ2n) is 3.99. The molecule has 4 nitrogen and oxygen atoms in total. The summed E-state index contributed by atoms with van der Waals surface area (Å²) in [4.78, 5) is 0. The van der Waals surface area contributed by atoms with Crippen molar-refractivity contribution in [2.45, 2.75) is 0 Å². The molecule has 3 aromatic rings. The summed E-state index contributed by atoms with van der Waals surface area (Å²) >= 11 is 0. The van der Waals surface area contributed by atoms with E-state index in [1.54, 1.807) is 0 Å². The standard InChI is InChI=1S/C13H8N4/c1-2-6-10-8(4-1)9-5-3-7-11-12(9)13(16-14-10)17-15-11/h1-7H,(H,15,17). The quantitative estimate of drug-likeness (QED) is 0.479. The second-order valence-corrected chi connectivity index (χ2v) is 3.99. The fraction of sp³-hybridized carbons (Fsp3) is 0. The molecule has 1 N–H and O–H groups in total. The summed E-state index contributed by atoms with van der Waals surface area (Å²) in [6.45, 7) is 0. The molecule has 17 heavy (non-hydrogen) atoms. The van der Waals surface area contributed by atoms with Crippen LogP contribution in [0.25, 0.3) is 22.0 Å². The maximum Gasteiger partial charge on any atom is 0.203 e. The first-order valence-electron chi connectivity index (χ1n) is 5.42. The van der Waals surface area contributed by atoms with Crippen molar-refractivity contribution in [3.63, 3.8) is 0 Å². The van der Waals surface area contributed by atoms with E-state index in [1.165, 1.54) is 0 Å². The molecule has 0 aliphatic carbocycles. The number of hydrogen-bond donors (Lipinski definition) is 1. The number of rotatable bonds is 0. The van der Waals surface area contributed by atoms with Gasteiger partial charge in [-0.1, -0.05) is 30.3 Å². The van der Waals surface area contributed by atoms with Crippen molar-refractivity contribution in [1.82, 2.24) is 10.2 Å². The van der Waals surface area contributed by atoms with Crippen molar-refractivity contribution in [2.75, 3.05) is 0 Å². The molecular formula is C13H8N4. The Labute approximate surface area is 97.0 Å². The molecule has 0 spiro atoms. The Hall–Kier alpha value is -2.49. The normalized spacial score (nSPS) is 12.5. The van der Waals surface area contributed by atoms with E-state index >= 15 is 0 Å². The molecule has 4 rings (SSSR count). The van der Waals surface area contributed by atoms with Crippen LogP contribution in [0.3, 0.4) is 0 Å². The Bertz CT molecular complexity index is 755.